The van der Waals surface area contributed by atoms with Crippen molar-refractivity contribution in [2.45, 2.75) is 20.8 Å². The molecular formula is C17H25N5O2. The minimum Gasteiger partial charge on any atom is -0.477 e. The van der Waals surface area contributed by atoms with Crippen LogP contribution < -0.4 is 4.74 Å². The summed E-state index contributed by atoms with van der Waals surface area (Å²) in [7, 11) is 0. The molecule has 0 aromatic carbocycles. The van der Waals surface area contributed by atoms with Gasteiger partial charge in [0.2, 0.25) is 5.88 Å². The maximum atomic E-state index is 12.7. The van der Waals surface area contributed by atoms with Crippen LogP contribution in [-0.2, 0) is 0 Å². The van der Waals surface area contributed by atoms with Gasteiger partial charge in [-0.05, 0) is 18.9 Å². The van der Waals surface area contributed by atoms with Gasteiger partial charge in [-0.3, -0.25) is 9.69 Å². The zero-order chi connectivity index (χ0) is 17.1. The highest BCUT2D eigenvalue weighted by Crippen LogP contribution is 2.13. The first-order valence-electron chi connectivity index (χ1n) is 8.57. The molecule has 0 N–H and O–H groups in total. The van der Waals surface area contributed by atoms with Crippen LogP contribution >= 0.6 is 0 Å². The molecule has 1 aliphatic rings. The van der Waals surface area contributed by atoms with Gasteiger partial charge in [0.1, 0.15) is 5.69 Å². The van der Waals surface area contributed by atoms with Gasteiger partial charge in [0.25, 0.3) is 5.91 Å². The van der Waals surface area contributed by atoms with E-state index in [0.29, 0.717) is 29.7 Å². The standard InChI is InChI=1S/C17H25N5O2/c1-4-24-16-6-5-15-18-14(12-22(15)19-16)17(23)21-9-7-20(8-10-21)11-13(2)3/h5-6,12-13H,4,7-11H2,1-3H3. The largest absolute Gasteiger partial charge is 0.477 e. The maximum absolute atomic E-state index is 12.7. The van der Waals surface area contributed by atoms with Crippen LogP contribution in [0, 0.1) is 5.92 Å². The van der Waals surface area contributed by atoms with Crippen molar-refractivity contribution in [1.82, 2.24) is 24.4 Å². The van der Waals surface area contributed by atoms with Crippen LogP contribution in [0.15, 0.2) is 18.3 Å². The monoisotopic (exact) mass is 331 g/mol. The van der Waals surface area contributed by atoms with Crippen molar-refractivity contribution < 1.29 is 9.53 Å². The Morgan fingerprint density at radius 2 is 2.00 bits per heavy atom. The molecule has 0 saturated carbocycles. The summed E-state index contributed by atoms with van der Waals surface area (Å²) in [5, 5.41) is 4.31. The predicted molar refractivity (Wildman–Crippen MR) is 91.3 cm³/mol. The minimum absolute atomic E-state index is 0.0253. The number of piperazine rings is 1. The van der Waals surface area contributed by atoms with Gasteiger partial charge in [0.15, 0.2) is 5.65 Å². The van der Waals surface area contributed by atoms with Crippen molar-refractivity contribution >= 4 is 11.6 Å². The van der Waals surface area contributed by atoms with Crippen molar-refractivity contribution in [3.8, 4) is 5.88 Å². The van der Waals surface area contributed by atoms with Gasteiger partial charge in [-0.25, -0.2) is 9.50 Å². The molecule has 3 rings (SSSR count). The third-order valence-corrected chi connectivity index (χ3v) is 4.09. The Balaban J connectivity index is 1.68. The van der Waals surface area contributed by atoms with Crippen molar-refractivity contribution in [3.63, 3.8) is 0 Å². The smallest absolute Gasteiger partial charge is 0.274 e. The number of carbonyl (C=O) groups is 1. The van der Waals surface area contributed by atoms with Gasteiger partial charge in [-0.15, -0.1) is 5.10 Å². The van der Waals surface area contributed by atoms with E-state index in [1.807, 2.05) is 17.9 Å². The summed E-state index contributed by atoms with van der Waals surface area (Å²) in [6, 6.07) is 3.58. The zero-order valence-corrected chi connectivity index (χ0v) is 14.6. The second-order valence-electron chi connectivity index (χ2n) is 6.52. The Hall–Kier alpha value is -2.15. The topological polar surface area (TPSA) is 63.0 Å². The van der Waals surface area contributed by atoms with Gasteiger partial charge in [-0.2, -0.15) is 0 Å². The Labute approximate surface area is 142 Å². The fraction of sp³-hybridized carbons (Fsp3) is 0.588. The fourth-order valence-electron chi connectivity index (χ4n) is 3.00. The van der Waals surface area contributed by atoms with Gasteiger partial charge in [0, 0.05) is 38.8 Å². The van der Waals surface area contributed by atoms with Gasteiger partial charge in [-0.1, -0.05) is 13.8 Å². The molecule has 1 saturated heterocycles. The lowest BCUT2D eigenvalue weighted by Crippen LogP contribution is -2.49. The van der Waals surface area contributed by atoms with Crippen LogP contribution in [0.2, 0.25) is 0 Å². The van der Waals surface area contributed by atoms with Crippen LogP contribution in [-0.4, -0.2) is 69.6 Å². The molecule has 2 aromatic heterocycles. The van der Waals surface area contributed by atoms with E-state index in [0.717, 1.165) is 32.7 Å². The van der Waals surface area contributed by atoms with Gasteiger partial charge in [0.05, 0.1) is 12.8 Å². The van der Waals surface area contributed by atoms with E-state index in [2.05, 4.69) is 28.8 Å². The molecule has 130 valence electrons. The molecule has 0 unspecified atom stereocenters. The van der Waals surface area contributed by atoms with E-state index in [1.165, 1.54) is 0 Å². The Kier molecular flexibility index (Phi) is 4.99. The molecule has 3 heterocycles. The number of amides is 1. The summed E-state index contributed by atoms with van der Waals surface area (Å²) in [5.41, 5.74) is 1.09. The molecule has 0 bridgehead atoms. The number of ether oxygens (including phenoxy) is 1. The lowest BCUT2D eigenvalue weighted by molar-refractivity contribution is 0.0618. The summed E-state index contributed by atoms with van der Waals surface area (Å²) in [5.74, 6) is 1.16. The second-order valence-corrected chi connectivity index (χ2v) is 6.52. The fourth-order valence-corrected chi connectivity index (χ4v) is 3.00. The zero-order valence-electron chi connectivity index (χ0n) is 14.6. The molecule has 0 radical (unpaired) electrons. The summed E-state index contributed by atoms with van der Waals surface area (Å²) >= 11 is 0. The first kappa shape index (κ1) is 16.7. The van der Waals surface area contributed by atoms with E-state index in [-0.39, 0.29) is 5.91 Å². The summed E-state index contributed by atoms with van der Waals surface area (Å²) in [6.07, 6.45) is 1.68. The minimum atomic E-state index is -0.0253. The van der Waals surface area contributed by atoms with Crippen molar-refractivity contribution in [2.75, 3.05) is 39.3 Å². The summed E-state index contributed by atoms with van der Waals surface area (Å²) in [4.78, 5) is 21.4. The highest BCUT2D eigenvalue weighted by molar-refractivity contribution is 5.93. The molecule has 0 spiro atoms. The van der Waals surface area contributed by atoms with Crippen molar-refractivity contribution in [2.24, 2.45) is 5.92 Å². The number of rotatable bonds is 5. The molecule has 2 aromatic rings. The van der Waals surface area contributed by atoms with Crippen LogP contribution in [0.4, 0.5) is 0 Å². The highest BCUT2D eigenvalue weighted by Gasteiger charge is 2.24. The number of carbonyl (C=O) groups excluding carboxylic acids is 1. The molecular weight excluding hydrogens is 306 g/mol. The lowest BCUT2D eigenvalue weighted by atomic mass is 10.2. The van der Waals surface area contributed by atoms with Crippen LogP contribution in [0.5, 0.6) is 5.88 Å². The number of aromatic nitrogens is 3. The number of hydrogen-bond acceptors (Lipinski definition) is 5. The average Bonchev–Trinajstić information content (AvgIpc) is 2.98. The first-order valence-corrected chi connectivity index (χ1v) is 8.57. The Morgan fingerprint density at radius 3 is 2.67 bits per heavy atom. The summed E-state index contributed by atoms with van der Waals surface area (Å²) < 4.78 is 6.99. The molecule has 24 heavy (non-hydrogen) atoms. The second kappa shape index (κ2) is 7.17. The number of nitrogens with zero attached hydrogens (tertiary/aromatic N) is 5. The molecule has 1 amide bonds. The number of hydrogen-bond donors (Lipinski definition) is 0. The van der Waals surface area contributed by atoms with Crippen LogP contribution in [0.1, 0.15) is 31.3 Å². The van der Waals surface area contributed by atoms with E-state index in [1.54, 1.807) is 16.8 Å². The molecule has 1 aliphatic heterocycles. The third-order valence-electron chi connectivity index (χ3n) is 4.09. The lowest BCUT2D eigenvalue weighted by Gasteiger charge is -2.35. The highest BCUT2D eigenvalue weighted by atomic mass is 16.5. The van der Waals surface area contributed by atoms with Gasteiger partial charge >= 0.3 is 0 Å². The van der Waals surface area contributed by atoms with Crippen molar-refractivity contribution in [3.05, 3.63) is 24.0 Å². The molecule has 0 atom stereocenters. The number of fused-ring (bicyclic) bond motifs is 1. The summed E-state index contributed by atoms with van der Waals surface area (Å²) in [6.45, 7) is 11.3. The molecule has 1 fully saturated rings. The Morgan fingerprint density at radius 1 is 1.25 bits per heavy atom. The average molecular weight is 331 g/mol. The van der Waals surface area contributed by atoms with Crippen LogP contribution in [0.25, 0.3) is 5.65 Å². The van der Waals surface area contributed by atoms with E-state index in [9.17, 15) is 4.79 Å². The Bertz CT molecular complexity index is 704. The maximum Gasteiger partial charge on any atom is 0.274 e. The quantitative estimate of drug-likeness (QED) is 0.832. The molecule has 7 nitrogen and oxygen atoms in total. The number of imidazole rings is 1. The molecule has 7 heteroatoms. The van der Waals surface area contributed by atoms with Crippen LogP contribution in [0.3, 0.4) is 0 Å². The normalized spacial score (nSPS) is 16.1. The van der Waals surface area contributed by atoms with Crippen molar-refractivity contribution in [1.29, 1.82) is 0 Å². The SMILES string of the molecule is CCOc1ccc2nc(C(=O)N3CCN(CC(C)C)CC3)cn2n1. The van der Waals surface area contributed by atoms with E-state index >= 15 is 0 Å². The third kappa shape index (κ3) is 3.67. The first-order chi connectivity index (χ1) is 11.6. The van der Waals surface area contributed by atoms with E-state index < -0.39 is 0 Å². The molecule has 0 aliphatic carbocycles. The van der Waals surface area contributed by atoms with E-state index in [4.69, 9.17) is 4.74 Å². The predicted octanol–water partition coefficient (Wildman–Crippen LogP) is 1.54. The van der Waals surface area contributed by atoms with Gasteiger partial charge < -0.3 is 9.64 Å².